The third kappa shape index (κ3) is 4.54. The molecular formula is C17H28N2. The summed E-state index contributed by atoms with van der Waals surface area (Å²) in [5, 5.41) is 7.10. The smallest absolute Gasteiger partial charge is 0.0376 e. The molecule has 1 unspecified atom stereocenters. The molecule has 0 amide bonds. The van der Waals surface area contributed by atoms with E-state index in [0.717, 1.165) is 13.1 Å². The van der Waals surface area contributed by atoms with Gasteiger partial charge in [0.25, 0.3) is 0 Å². The third-order valence-corrected chi connectivity index (χ3v) is 4.04. The number of para-hydroxylation sites is 1. The van der Waals surface area contributed by atoms with E-state index in [1.807, 2.05) is 0 Å². The molecule has 0 bridgehead atoms. The van der Waals surface area contributed by atoms with Crippen LogP contribution in [0.4, 0.5) is 5.69 Å². The maximum absolute atomic E-state index is 3.62. The van der Waals surface area contributed by atoms with Crippen LogP contribution < -0.4 is 10.6 Å². The Labute approximate surface area is 118 Å². The number of fused-ring (bicyclic) bond motifs is 1. The maximum atomic E-state index is 3.62. The SMILES string of the molecule is CCCCCCCCNCC1CNc2ccccc21. The first-order valence-corrected chi connectivity index (χ1v) is 7.95. The topological polar surface area (TPSA) is 24.1 Å². The lowest BCUT2D eigenvalue weighted by molar-refractivity contribution is 0.553. The first-order chi connectivity index (χ1) is 9.42. The minimum atomic E-state index is 0.649. The predicted octanol–water partition coefficient (Wildman–Crippen LogP) is 4.15. The van der Waals surface area contributed by atoms with Gasteiger partial charge in [-0.15, -0.1) is 0 Å². The lowest BCUT2D eigenvalue weighted by atomic mass is 10.0. The van der Waals surface area contributed by atoms with E-state index in [4.69, 9.17) is 0 Å². The molecule has 0 radical (unpaired) electrons. The lowest BCUT2D eigenvalue weighted by Gasteiger charge is -2.11. The molecule has 0 saturated heterocycles. The van der Waals surface area contributed by atoms with Crippen LogP contribution in [0, 0.1) is 0 Å². The van der Waals surface area contributed by atoms with E-state index >= 15 is 0 Å². The number of hydrogen-bond acceptors (Lipinski definition) is 2. The van der Waals surface area contributed by atoms with Crippen LogP contribution in [0.3, 0.4) is 0 Å². The molecule has 2 heteroatoms. The van der Waals surface area contributed by atoms with Gasteiger partial charge in [-0.1, -0.05) is 57.2 Å². The van der Waals surface area contributed by atoms with Crippen LogP contribution in [0.1, 0.15) is 56.9 Å². The second-order valence-electron chi connectivity index (χ2n) is 5.64. The second kappa shape index (κ2) is 8.21. The van der Waals surface area contributed by atoms with Gasteiger partial charge in [-0.3, -0.25) is 0 Å². The van der Waals surface area contributed by atoms with Crippen molar-refractivity contribution in [3.8, 4) is 0 Å². The maximum Gasteiger partial charge on any atom is 0.0376 e. The zero-order chi connectivity index (χ0) is 13.3. The van der Waals surface area contributed by atoms with E-state index in [0.29, 0.717) is 5.92 Å². The van der Waals surface area contributed by atoms with Crippen molar-refractivity contribution in [3.05, 3.63) is 29.8 Å². The lowest BCUT2D eigenvalue weighted by Crippen LogP contribution is -2.23. The van der Waals surface area contributed by atoms with Crippen molar-refractivity contribution < 1.29 is 0 Å². The van der Waals surface area contributed by atoms with Crippen molar-refractivity contribution in [2.24, 2.45) is 0 Å². The van der Waals surface area contributed by atoms with Gasteiger partial charge in [0.1, 0.15) is 0 Å². The fourth-order valence-corrected chi connectivity index (χ4v) is 2.85. The number of rotatable bonds is 9. The zero-order valence-corrected chi connectivity index (χ0v) is 12.3. The molecule has 0 saturated carbocycles. The van der Waals surface area contributed by atoms with Crippen LogP contribution in [0.2, 0.25) is 0 Å². The van der Waals surface area contributed by atoms with Crippen molar-refractivity contribution >= 4 is 5.69 Å². The van der Waals surface area contributed by atoms with Crippen LogP contribution in [0.5, 0.6) is 0 Å². The molecule has 0 aromatic heterocycles. The summed E-state index contributed by atoms with van der Waals surface area (Å²) >= 11 is 0. The van der Waals surface area contributed by atoms with Gasteiger partial charge < -0.3 is 10.6 Å². The Hall–Kier alpha value is -1.02. The summed E-state index contributed by atoms with van der Waals surface area (Å²) in [6.45, 7) is 5.64. The highest BCUT2D eigenvalue weighted by atomic mass is 14.9. The molecule has 0 spiro atoms. The fourth-order valence-electron chi connectivity index (χ4n) is 2.85. The minimum absolute atomic E-state index is 0.649. The Bertz CT molecular complexity index is 362. The largest absolute Gasteiger partial charge is 0.384 e. The van der Waals surface area contributed by atoms with Gasteiger partial charge in [0, 0.05) is 24.7 Å². The molecule has 1 aliphatic rings. The van der Waals surface area contributed by atoms with Gasteiger partial charge in [-0.25, -0.2) is 0 Å². The van der Waals surface area contributed by atoms with Gasteiger partial charge in [0.05, 0.1) is 0 Å². The predicted molar refractivity (Wildman–Crippen MR) is 83.9 cm³/mol. The van der Waals surface area contributed by atoms with Gasteiger partial charge in [-0.2, -0.15) is 0 Å². The van der Waals surface area contributed by atoms with E-state index in [-0.39, 0.29) is 0 Å². The quantitative estimate of drug-likeness (QED) is 0.652. The Morgan fingerprint density at radius 1 is 1.11 bits per heavy atom. The normalized spacial score (nSPS) is 17.2. The molecule has 106 valence electrons. The number of hydrogen-bond donors (Lipinski definition) is 2. The van der Waals surface area contributed by atoms with Crippen molar-refractivity contribution in [2.75, 3.05) is 25.0 Å². The summed E-state index contributed by atoms with van der Waals surface area (Å²) < 4.78 is 0. The molecule has 1 aromatic rings. The molecule has 2 rings (SSSR count). The third-order valence-electron chi connectivity index (χ3n) is 4.04. The standard InChI is InChI=1S/C17H28N2/c1-2-3-4-5-6-9-12-18-13-15-14-19-17-11-8-7-10-16(15)17/h7-8,10-11,15,18-19H,2-6,9,12-14H2,1H3. The van der Waals surface area contributed by atoms with Crippen molar-refractivity contribution in [1.82, 2.24) is 5.32 Å². The average Bonchev–Trinajstić information content (AvgIpc) is 2.85. The molecule has 1 heterocycles. The second-order valence-corrected chi connectivity index (χ2v) is 5.64. The molecule has 19 heavy (non-hydrogen) atoms. The number of benzene rings is 1. The highest BCUT2D eigenvalue weighted by Crippen LogP contribution is 2.30. The van der Waals surface area contributed by atoms with Crippen molar-refractivity contribution in [3.63, 3.8) is 0 Å². The molecule has 1 aromatic carbocycles. The fraction of sp³-hybridized carbons (Fsp3) is 0.647. The average molecular weight is 260 g/mol. The molecule has 0 fully saturated rings. The molecule has 2 nitrogen and oxygen atoms in total. The monoisotopic (exact) mass is 260 g/mol. The highest BCUT2D eigenvalue weighted by Gasteiger charge is 2.20. The summed E-state index contributed by atoms with van der Waals surface area (Å²) in [6, 6.07) is 8.69. The zero-order valence-electron chi connectivity index (χ0n) is 12.3. The van der Waals surface area contributed by atoms with E-state index in [9.17, 15) is 0 Å². The number of anilines is 1. The molecular weight excluding hydrogens is 232 g/mol. The van der Waals surface area contributed by atoms with Crippen LogP contribution in [-0.4, -0.2) is 19.6 Å². The molecule has 2 N–H and O–H groups in total. The van der Waals surface area contributed by atoms with E-state index in [1.165, 1.54) is 56.3 Å². The number of unbranched alkanes of at least 4 members (excludes halogenated alkanes) is 5. The first kappa shape index (κ1) is 14.4. The van der Waals surface area contributed by atoms with Gasteiger partial charge in [-0.05, 0) is 24.6 Å². The Balaban J connectivity index is 1.55. The van der Waals surface area contributed by atoms with Gasteiger partial charge >= 0.3 is 0 Å². The minimum Gasteiger partial charge on any atom is -0.384 e. The molecule has 1 aliphatic heterocycles. The summed E-state index contributed by atoms with van der Waals surface area (Å²) in [4.78, 5) is 0. The van der Waals surface area contributed by atoms with Crippen molar-refractivity contribution in [1.29, 1.82) is 0 Å². The van der Waals surface area contributed by atoms with Crippen molar-refractivity contribution in [2.45, 2.75) is 51.4 Å². The Kier molecular flexibility index (Phi) is 6.22. The van der Waals surface area contributed by atoms with E-state index in [1.54, 1.807) is 0 Å². The van der Waals surface area contributed by atoms with Crippen LogP contribution in [0.15, 0.2) is 24.3 Å². The van der Waals surface area contributed by atoms with E-state index in [2.05, 4.69) is 41.8 Å². The van der Waals surface area contributed by atoms with Crippen LogP contribution in [-0.2, 0) is 0 Å². The summed E-state index contributed by atoms with van der Waals surface area (Å²) in [7, 11) is 0. The highest BCUT2D eigenvalue weighted by molar-refractivity contribution is 5.57. The Morgan fingerprint density at radius 3 is 2.79 bits per heavy atom. The van der Waals surface area contributed by atoms with Crippen LogP contribution in [0.25, 0.3) is 0 Å². The van der Waals surface area contributed by atoms with Gasteiger partial charge in [0.15, 0.2) is 0 Å². The summed E-state index contributed by atoms with van der Waals surface area (Å²) in [6.07, 6.45) is 8.27. The first-order valence-electron chi connectivity index (χ1n) is 7.95. The van der Waals surface area contributed by atoms with Gasteiger partial charge in [0.2, 0.25) is 0 Å². The number of nitrogens with one attached hydrogen (secondary N) is 2. The summed E-state index contributed by atoms with van der Waals surface area (Å²) in [5.41, 5.74) is 2.81. The van der Waals surface area contributed by atoms with Crippen LogP contribution >= 0.6 is 0 Å². The molecule has 1 atom stereocenters. The molecule has 0 aliphatic carbocycles. The Morgan fingerprint density at radius 2 is 1.89 bits per heavy atom. The van der Waals surface area contributed by atoms with E-state index < -0.39 is 0 Å². The summed E-state index contributed by atoms with van der Waals surface area (Å²) in [5.74, 6) is 0.649.